The Bertz CT molecular complexity index is 1420. The van der Waals surface area contributed by atoms with Gasteiger partial charge in [-0.15, -0.1) is 0 Å². The molecular weight excluding hydrogens is 446 g/mol. The molecule has 0 unspecified atom stereocenters. The van der Waals surface area contributed by atoms with Crippen molar-refractivity contribution >= 4 is 49.4 Å². The number of aromatic nitrogens is 4. The van der Waals surface area contributed by atoms with Gasteiger partial charge in [0, 0.05) is 37.9 Å². The van der Waals surface area contributed by atoms with E-state index in [1.807, 2.05) is 66.9 Å². The molecule has 9 heteroatoms. The molecule has 8 nitrogen and oxygen atoms in total. The van der Waals surface area contributed by atoms with Gasteiger partial charge in [-0.25, -0.2) is 15.0 Å². The second-order valence-electron chi connectivity index (χ2n) is 8.22. The quantitative estimate of drug-likeness (QED) is 0.407. The van der Waals surface area contributed by atoms with Crippen LogP contribution in [0, 0.1) is 0 Å². The first-order valence-corrected chi connectivity index (χ1v) is 12.1. The van der Waals surface area contributed by atoms with Crippen LogP contribution in [0.1, 0.15) is 16.2 Å². The Balaban J connectivity index is 1.12. The second kappa shape index (κ2) is 8.75. The summed E-state index contributed by atoms with van der Waals surface area (Å²) in [4.78, 5) is 34.4. The minimum Gasteiger partial charge on any atom is -0.353 e. The fourth-order valence-corrected chi connectivity index (χ4v) is 5.27. The first-order valence-electron chi connectivity index (χ1n) is 11.3. The number of thiazole rings is 1. The molecule has 0 aliphatic carbocycles. The topological polar surface area (TPSA) is 90.0 Å². The van der Waals surface area contributed by atoms with Gasteiger partial charge >= 0.3 is 0 Å². The number of hydrogen-bond donors (Lipinski definition) is 2. The summed E-state index contributed by atoms with van der Waals surface area (Å²) in [6.07, 6.45) is 1.83. The van der Waals surface area contributed by atoms with Crippen molar-refractivity contribution in [3.63, 3.8) is 0 Å². The van der Waals surface area contributed by atoms with E-state index in [0.29, 0.717) is 12.1 Å². The van der Waals surface area contributed by atoms with Crippen LogP contribution in [0.2, 0.25) is 0 Å². The maximum atomic E-state index is 12.8. The number of aromatic amines is 1. The maximum Gasteiger partial charge on any atom is 0.251 e. The number of nitrogens with zero attached hydrogens (tertiary/aromatic N) is 5. The molecule has 2 N–H and O–H groups in total. The molecular formula is C25H23N7OS. The molecule has 5 aromatic rings. The molecule has 1 aliphatic heterocycles. The van der Waals surface area contributed by atoms with Gasteiger partial charge in [0.05, 0.1) is 27.8 Å². The van der Waals surface area contributed by atoms with Crippen LogP contribution in [0.4, 0.5) is 10.9 Å². The minimum atomic E-state index is -0.124. The second-order valence-corrected chi connectivity index (χ2v) is 9.23. The number of anilines is 2. The third kappa shape index (κ3) is 4.06. The van der Waals surface area contributed by atoms with Crippen LogP contribution in [-0.4, -0.2) is 52.0 Å². The van der Waals surface area contributed by atoms with Crippen LogP contribution >= 0.6 is 11.3 Å². The number of pyridine rings is 1. The highest BCUT2D eigenvalue weighted by Crippen LogP contribution is 2.30. The van der Waals surface area contributed by atoms with Gasteiger partial charge < -0.3 is 20.1 Å². The number of carbonyl (C=O) groups excluding carboxylic acids is 1. The van der Waals surface area contributed by atoms with E-state index in [2.05, 4.69) is 30.1 Å². The zero-order valence-electron chi connectivity index (χ0n) is 18.4. The largest absolute Gasteiger partial charge is 0.353 e. The molecule has 3 aromatic heterocycles. The van der Waals surface area contributed by atoms with Gasteiger partial charge in [0.25, 0.3) is 5.91 Å². The Morgan fingerprint density at radius 2 is 1.76 bits per heavy atom. The van der Waals surface area contributed by atoms with Crippen molar-refractivity contribution in [3.05, 3.63) is 78.2 Å². The number of piperazine rings is 1. The van der Waals surface area contributed by atoms with Gasteiger partial charge in [-0.1, -0.05) is 29.5 Å². The van der Waals surface area contributed by atoms with Crippen molar-refractivity contribution in [2.45, 2.75) is 6.54 Å². The summed E-state index contributed by atoms with van der Waals surface area (Å²) in [6.45, 7) is 3.94. The third-order valence-corrected chi connectivity index (χ3v) is 7.10. The van der Waals surface area contributed by atoms with Crippen molar-refractivity contribution in [2.24, 2.45) is 0 Å². The maximum absolute atomic E-state index is 12.8. The van der Waals surface area contributed by atoms with E-state index in [-0.39, 0.29) is 5.91 Å². The summed E-state index contributed by atoms with van der Waals surface area (Å²) in [5.41, 5.74) is 3.40. The van der Waals surface area contributed by atoms with Crippen LogP contribution < -0.4 is 15.1 Å². The summed E-state index contributed by atoms with van der Waals surface area (Å²) in [5, 5.41) is 3.96. The van der Waals surface area contributed by atoms with E-state index >= 15 is 0 Å². The zero-order chi connectivity index (χ0) is 22.9. The Hall–Kier alpha value is -3.98. The lowest BCUT2D eigenvalue weighted by atomic mass is 10.2. The molecule has 2 aromatic carbocycles. The van der Waals surface area contributed by atoms with Gasteiger partial charge in [-0.2, -0.15) is 0 Å². The Morgan fingerprint density at radius 3 is 2.59 bits per heavy atom. The van der Waals surface area contributed by atoms with Crippen molar-refractivity contribution < 1.29 is 4.79 Å². The number of imidazole rings is 1. The average Bonchev–Trinajstić information content (AvgIpc) is 3.51. The first-order chi connectivity index (χ1) is 16.7. The number of amides is 1. The smallest absolute Gasteiger partial charge is 0.251 e. The van der Waals surface area contributed by atoms with E-state index in [1.54, 1.807) is 11.3 Å². The number of fused-ring (bicyclic) bond motifs is 2. The van der Waals surface area contributed by atoms with Crippen LogP contribution in [0.15, 0.2) is 66.9 Å². The summed E-state index contributed by atoms with van der Waals surface area (Å²) >= 11 is 1.63. The lowest BCUT2D eigenvalue weighted by Crippen LogP contribution is -2.46. The fourth-order valence-electron chi connectivity index (χ4n) is 4.21. The molecule has 0 atom stereocenters. The van der Waals surface area contributed by atoms with Gasteiger partial charge in [0.2, 0.25) is 0 Å². The highest BCUT2D eigenvalue weighted by atomic mass is 32.1. The van der Waals surface area contributed by atoms with E-state index in [9.17, 15) is 4.79 Å². The average molecular weight is 470 g/mol. The Labute approximate surface area is 200 Å². The molecule has 1 saturated heterocycles. The van der Waals surface area contributed by atoms with Crippen molar-refractivity contribution in [1.29, 1.82) is 0 Å². The minimum absolute atomic E-state index is 0.124. The number of hydrogen-bond acceptors (Lipinski definition) is 7. The van der Waals surface area contributed by atoms with Crippen molar-refractivity contribution in [2.75, 3.05) is 36.0 Å². The zero-order valence-corrected chi connectivity index (χ0v) is 19.3. The lowest BCUT2D eigenvalue weighted by molar-refractivity contribution is 0.0950. The summed E-state index contributed by atoms with van der Waals surface area (Å²) in [7, 11) is 0. The molecule has 34 heavy (non-hydrogen) atoms. The van der Waals surface area contributed by atoms with Crippen LogP contribution in [0.5, 0.6) is 0 Å². The monoisotopic (exact) mass is 469 g/mol. The normalized spacial score (nSPS) is 14.1. The summed E-state index contributed by atoms with van der Waals surface area (Å²) in [5.74, 6) is 1.63. The molecule has 0 spiro atoms. The third-order valence-electron chi connectivity index (χ3n) is 6.02. The molecule has 6 rings (SSSR count). The lowest BCUT2D eigenvalue weighted by Gasteiger charge is -2.35. The molecule has 1 aliphatic rings. The number of benzene rings is 2. The predicted molar refractivity (Wildman–Crippen MR) is 136 cm³/mol. The fraction of sp³-hybridized carbons (Fsp3) is 0.200. The van der Waals surface area contributed by atoms with Crippen molar-refractivity contribution in [1.82, 2.24) is 25.3 Å². The SMILES string of the molecule is O=C(NCc1nc2ccccc2[nH]1)c1ccc2nc(N3CCN(c4ccccn4)CC3)sc2c1. The van der Waals surface area contributed by atoms with Gasteiger partial charge in [0.1, 0.15) is 11.6 Å². The molecule has 0 saturated carbocycles. The predicted octanol–water partition coefficient (Wildman–Crippen LogP) is 3.82. The Kier molecular flexibility index (Phi) is 5.31. The highest BCUT2D eigenvalue weighted by molar-refractivity contribution is 7.22. The molecule has 1 fully saturated rings. The van der Waals surface area contributed by atoms with E-state index in [1.165, 1.54) is 0 Å². The summed E-state index contributed by atoms with van der Waals surface area (Å²) < 4.78 is 1.01. The molecule has 4 heterocycles. The number of rotatable bonds is 5. The molecule has 0 radical (unpaired) electrons. The molecule has 170 valence electrons. The number of H-pyrrole nitrogens is 1. The van der Waals surface area contributed by atoms with E-state index in [4.69, 9.17) is 4.98 Å². The Morgan fingerprint density at radius 1 is 0.941 bits per heavy atom. The number of nitrogens with one attached hydrogen (secondary N) is 2. The van der Waals surface area contributed by atoms with E-state index < -0.39 is 0 Å². The van der Waals surface area contributed by atoms with Crippen molar-refractivity contribution in [3.8, 4) is 0 Å². The molecule has 1 amide bonds. The number of para-hydroxylation sites is 2. The number of carbonyl (C=O) groups is 1. The van der Waals surface area contributed by atoms with E-state index in [0.717, 1.165) is 64.2 Å². The van der Waals surface area contributed by atoms with Crippen LogP contribution in [-0.2, 0) is 6.54 Å². The molecule has 0 bridgehead atoms. The van der Waals surface area contributed by atoms with Gasteiger partial charge in [-0.05, 0) is 42.5 Å². The first kappa shape index (κ1) is 20.6. The van der Waals surface area contributed by atoms with Gasteiger partial charge in [0.15, 0.2) is 5.13 Å². The van der Waals surface area contributed by atoms with Gasteiger partial charge in [-0.3, -0.25) is 4.79 Å². The van der Waals surface area contributed by atoms with Crippen LogP contribution in [0.3, 0.4) is 0 Å². The highest BCUT2D eigenvalue weighted by Gasteiger charge is 2.21. The summed E-state index contributed by atoms with van der Waals surface area (Å²) in [6, 6.07) is 19.5. The standard InChI is InChI=1S/C25H23N7OS/c33-24(27-16-22-28-18-5-1-2-6-19(18)29-22)17-8-9-20-21(15-17)34-25(30-20)32-13-11-31(12-14-32)23-7-3-4-10-26-23/h1-10,15H,11-14,16H2,(H,27,33)(H,28,29). The van der Waals surface area contributed by atoms with Crippen LogP contribution in [0.25, 0.3) is 21.3 Å².